The molecule has 1 atom stereocenters. The molecule has 1 saturated heterocycles. The van der Waals surface area contributed by atoms with Crippen molar-refractivity contribution in [2.24, 2.45) is 0 Å². The molecule has 27 heavy (non-hydrogen) atoms. The van der Waals surface area contributed by atoms with Gasteiger partial charge in [0.1, 0.15) is 0 Å². The van der Waals surface area contributed by atoms with Crippen LogP contribution in [-0.2, 0) is 11.2 Å². The van der Waals surface area contributed by atoms with Crippen molar-refractivity contribution in [1.82, 2.24) is 19.9 Å². The zero-order chi connectivity index (χ0) is 19.2. The van der Waals surface area contributed by atoms with E-state index in [4.69, 9.17) is 4.52 Å². The molecule has 7 nitrogen and oxygen atoms in total. The van der Waals surface area contributed by atoms with E-state index in [0.717, 1.165) is 12.8 Å². The molecule has 0 spiro atoms. The average Bonchev–Trinajstić information content (AvgIpc) is 3.36. The summed E-state index contributed by atoms with van der Waals surface area (Å²) in [6.07, 6.45) is 2.49. The quantitative estimate of drug-likeness (QED) is 0.749. The molecule has 1 unspecified atom stereocenters. The molecular formula is C20H26N4O3. The molecule has 2 amide bonds. The van der Waals surface area contributed by atoms with Gasteiger partial charge >= 0.3 is 0 Å². The highest BCUT2D eigenvalue weighted by Crippen LogP contribution is 2.31. The number of nitrogens with zero attached hydrogens (tertiary/aromatic N) is 4. The first-order valence-electron chi connectivity index (χ1n) is 9.60. The minimum absolute atomic E-state index is 0.0128. The van der Waals surface area contributed by atoms with E-state index in [-0.39, 0.29) is 17.9 Å². The van der Waals surface area contributed by atoms with E-state index in [0.29, 0.717) is 49.8 Å². The van der Waals surface area contributed by atoms with E-state index in [2.05, 4.69) is 10.1 Å². The second-order valence-corrected chi connectivity index (χ2v) is 6.63. The van der Waals surface area contributed by atoms with Crippen molar-refractivity contribution < 1.29 is 14.1 Å². The summed E-state index contributed by atoms with van der Waals surface area (Å²) in [6, 6.07) is 9.07. The smallest absolute Gasteiger partial charge is 0.254 e. The van der Waals surface area contributed by atoms with Crippen LogP contribution in [-0.4, -0.2) is 51.4 Å². The fraction of sp³-hybridized carbons (Fsp3) is 0.500. The van der Waals surface area contributed by atoms with Crippen molar-refractivity contribution in [2.75, 3.05) is 19.6 Å². The Morgan fingerprint density at radius 3 is 2.67 bits per heavy atom. The number of likely N-dealkylation sites (tertiary alicyclic amines) is 1. The van der Waals surface area contributed by atoms with Gasteiger partial charge in [0.05, 0.1) is 6.04 Å². The number of aromatic nitrogens is 2. The minimum Gasteiger partial charge on any atom is -0.343 e. The van der Waals surface area contributed by atoms with E-state index < -0.39 is 0 Å². The molecule has 0 bridgehead atoms. The van der Waals surface area contributed by atoms with Gasteiger partial charge in [0, 0.05) is 38.0 Å². The van der Waals surface area contributed by atoms with Gasteiger partial charge < -0.3 is 14.3 Å². The number of benzene rings is 1. The van der Waals surface area contributed by atoms with Crippen molar-refractivity contribution in [3.8, 4) is 0 Å². The number of carbonyl (C=O) groups excluding carboxylic acids is 2. The van der Waals surface area contributed by atoms with Gasteiger partial charge in [-0.1, -0.05) is 23.4 Å². The number of rotatable bonds is 7. The Bertz CT molecular complexity index is 771. The lowest BCUT2D eigenvalue weighted by atomic mass is 10.1. The maximum Gasteiger partial charge on any atom is 0.254 e. The van der Waals surface area contributed by atoms with Crippen LogP contribution >= 0.6 is 0 Å². The molecule has 3 rings (SSSR count). The lowest BCUT2D eigenvalue weighted by molar-refractivity contribution is -0.130. The molecule has 2 aromatic rings. The molecule has 1 aliphatic heterocycles. The summed E-state index contributed by atoms with van der Waals surface area (Å²) < 4.78 is 5.34. The Labute approximate surface area is 159 Å². The van der Waals surface area contributed by atoms with Gasteiger partial charge in [-0.2, -0.15) is 4.98 Å². The zero-order valence-electron chi connectivity index (χ0n) is 15.9. The second-order valence-electron chi connectivity index (χ2n) is 6.63. The first-order valence-corrected chi connectivity index (χ1v) is 9.60. The average molecular weight is 370 g/mol. The molecule has 1 fully saturated rings. The summed E-state index contributed by atoms with van der Waals surface area (Å²) in [7, 11) is 0. The highest BCUT2D eigenvalue weighted by Gasteiger charge is 2.33. The van der Waals surface area contributed by atoms with E-state index in [1.807, 2.05) is 49.1 Å². The monoisotopic (exact) mass is 370 g/mol. The van der Waals surface area contributed by atoms with Gasteiger partial charge in [0.15, 0.2) is 5.82 Å². The first-order chi connectivity index (χ1) is 13.1. The van der Waals surface area contributed by atoms with Crippen LogP contribution < -0.4 is 0 Å². The van der Waals surface area contributed by atoms with Gasteiger partial charge in [0.2, 0.25) is 11.8 Å². The van der Waals surface area contributed by atoms with E-state index in [9.17, 15) is 9.59 Å². The largest absolute Gasteiger partial charge is 0.343 e. The topological polar surface area (TPSA) is 79.5 Å². The van der Waals surface area contributed by atoms with Crippen molar-refractivity contribution in [2.45, 2.75) is 45.6 Å². The number of hydrogen-bond donors (Lipinski definition) is 0. The molecule has 2 heterocycles. The van der Waals surface area contributed by atoms with Crippen LogP contribution in [0.2, 0.25) is 0 Å². The Morgan fingerprint density at radius 1 is 1.22 bits per heavy atom. The van der Waals surface area contributed by atoms with Crippen LogP contribution in [0.15, 0.2) is 34.9 Å². The molecule has 0 radical (unpaired) electrons. The van der Waals surface area contributed by atoms with Crippen LogP contribution in [0.1, 0.15) is 61.2 Å². The maximum atomic E-state index is 12.8. The van der Waals surface area contributed by atoms with Gasteiger partial charge in [-0.25, -0.2) is 0 Å². The van der Waals surface area contributed by atoms with Crippen molar-refractivity contribution >= 4 is 11.8 Å². The van der Waals surface area contributed by atoms with E-state index >= 15 is 0 Å². The number of aryl methyl sites for hydroxylation is 1. The summed E-state index contributed by atoms with van der Waals surface area (Å²) in [4.78, 5) is 33.0. The molecule has 0 saturated carbocycles. The van der Waals surface area contributed by atoms with Gasteiger partial charge in [0.25, 0.3) is 5.91 Å². The summed E-state index contributed by atoms with van der Waals surface area (Å²) in [5.41, 5.74) is 0.665. The Hall–Kier alpha value is -2.70. The molecule has 7 heteroatoms. The fourth-order valence-corrected chi connectivity index (χ4v) is 3.48. The molecule has 144 valence electrons. The summed E-state index contributed by atoms with van der Waals surface area (Å²) in [6.45, 7) is 6.00. The third kappa shape index (κ3) is 4.35. The van der Waals surface area contributed by atoms with Gasteiger partial charge in [-0.05, 0) is 38.8 Å². The van der Waals surface area contributed by atoms with Crippen molar-refractivity contribution in [3.63, 3.8) is 0 Å². The Morgan fingerprint density at radius 2 is 1.96 bits per heavy atom. The first kappa shape index (κ1) is 19.1. The third-order valence-electron chi connectivity index (χ3n) is 4.99. The van der Waals surface area contributed by atoms with Gasteiger partial charge in [-0.15, -0.1) is 0 Å². The molecule has 0 aliphatic carbocycles. The highest BCUT2D eigenvalue weighted by atomic mass is 16.5. The molecule has 1 aromatic carbocycles. The summed E-state index contributed by atoms with van der Waals surface area (Å²) in [5.74, 6) is 1.05. The van der Waals surface area contributed by atoms with Crippen LogP contribution in [0.5, 0.6) is 0 Å². The number of amides is 2. The van der Waals surface area contributed by atoms with Crippen LogP contribution in [0.3, 0.4) is 0 Å². The van der Waals surface area contributed by atoms with Crippen LogP contribution in [0.25, 0.3) is 0 Å². The van der Waals surface area contributed by atoms with E-state index in [1.165, 1.54) is 0 Å². The molecule has 0 N–H and O–H groups in total. The Balaban J connectivity index is 1.65. The lowest BCUT2D eigenvalue weighted by Crippen LogP contribution is -2.31. The third-order valence-corrected chi connectivity index (χ3v) is 4.99. The summed E-state index contributed by atoms with van der Waals surface area (Å²) in [5, 5.41) is 4.08. The van der Waals surface area contributed by atoms with Crippen molar-refractivity contribution in [1.29, 1.82) is 0 Å². The minimum atomic E-state index is -0.173. The fourth-order valence-electron chi connectivity index (χ4n) is 3.48. The van der Waals surface area contributed by atoms with Crippen LogP contribution in [0.4, 0.5) is 0 Å². The molecular weight excluding hydrogens is 344 g/mol. The Kier molecular flexibility index (Phi) is 6.21. The standard InChI is InChI=1S/C20H26N4O3/c1-3-23(4-2)18(25)13-12-17-21-19(22-27-17)16-11-8-14-24(16)20(26)15-9-6-5-7-10-15/h5-7,9-10,16H,3-4,8,11-14H2,1-2H3. The predicted molar refractivity (Wildman–Crippen MR) is 100 cm³/mol. The zero-order valence-corrected chi connectivity index (χ0v) is 15.9. The van der Waals surface area contributed by atoms with Crippen LogP contribution in [0, 0.1) is 0 Å². The van der Waals surface area contributed by atoms with Gasteiger partial charge in [-0.3, -0.25) is 9.59 Å². The second kappa shape index (κ2) is 8.79. The number of carbonyl (C=O) groups is 2. The molecule has 1 aliphatic rings. The maximum absolute atomic E-state index is 12.8. The molecule has 1 aromatic heterocycles. The summed E-state index contributed by atoms with van der Waals surface area (Å²) >= 11 is 0. The van der Waals surface area contributed by atoms with E-state index in [1.54, 1.807) is 4.90 Å². The highest BCUT2D eigenvalue weighted by molar-refractivity contribution is 5.94. The number of hydrogen-bond acceptors (Lipinski definition) is 5. The SMILES string of the molecule is CCN(CC)C(=O)CCc1nc(C2CCCN2C(=O)c2ccccc2)no1. The lowest BCUT2D eigenvalue weighted by Gasteiger charge is -2.22. The normalized spacial score (nSPS) is 16.5. The van der Waals surface area contributed by atoms with Crippen molar-refractivity contribution in [3.05, 3.63) is 47.6 Å². The predicted octanol–water partition coefficient (Wildman–Crippen LogP) is 2.85.